The highest BCUT2D eigenvalue weighted by atomic mass is 16.7. The first kappa shape index (κ1) is 18.1. The van der Waals surface area contributed by atoms with E-state index in [0.29, 0.717) is 24.4 Å². The molecule has 0 aromatic heterocycles. The lowest BCUT2D eigenvalue weighted by Crippen LogP contribution is -2.48. The molecule has 7 nitrogen and oxygen atoms in total. The molecule has 2 heterocycles. The summed E-state index contributed by atoms with van der Waals surface area (Å²) in [6.45, 7) is 6.31. The maximum Gasteiger partial charge on any atom is 0.338 e. The minimum atomic E-state index is -0.661. The van der Waals surface area contributed by atoms with Crippen LogP contribution >= 0.6 is 0 Å². The number of amides is 3. The minimum absolute atomic E-state index is 0.0317. The first-order chi connectivity index (χ1) is 12.2. The number of carbonyl (C=O) groups excluding carboxylic acids is 4. The van der Waals surface area contributed by atoms with Crippen LogP contribution in [0.4, 0.5) is 0 Å². The largest absolute Gasteiger partial charge is 0.341 e. The topological polar surface area (TPSA) is 84.0 Å². The van der Waals surface area contributed by atoms with E-state index in [4.69, 9.17) is 4.84 Å². The van der Waals surface area contributed by atoms with Gasteiger partial charge in [-0.15, -0.1) is 0 Å². The molecule has 0 bridgehead atoms. The van der Waals surface area contributed by atoms with Gasteiger partial charge in [0, 0.05) is 18.5 Å². The van der Waals surface area contributed by atoms with Gasteiger partial charge >= 0.3 is 5.97 Å². The van der Waals surface area contributed by atoms with E-state index < -0.39 is 29.1 Å². The molecule has 3 amide bonds. The van der Waals surface area contributed by atoms with Crippen molar-refractivity contribution in [1.82, 2.24) is 9.96 Å². The van der Waals surface area contributed by atoms with E-state index in [-0.39, 0.29) is 23.6 Å². The van der Waals surface area contributed by atoms with Gasteiger partial charge < -0.3 is 9.74 Å². The fourth-order valence-electron chi connectivity index (χ4n) is 3.24. The Balaban J connectivity index is 1.68. The van der Waals surface area contributed by atoms with Gasteiger partial charge in [-0.1, -0.05) is 38.0 Å². The molecule has 0 saturated carbocycles. The third-order valence-electron chi connectivity index (χ3n) is 4.62. The third kappa shape index (κ3) is 3.21. The van der Waals surface area contributed by atoms with E-state index in [0.717, 1.165) is 0 Å². The fraction of sp³-hybridized carbons (Fsp3) is 0.474. The molecule has 0 radical (unpaired) electrons. The SMILES string of the molecule is CC(C)(C)C(=O)N1CCCC(C(=O)ON2C(=O)c3ccccc3C2=O)C1. The standard InChI is InChI=1S/C19H22N2O5/c1-19(2,3)18(25)20-10-6-7-12(11-20)17(24)26-21-15(22)13-8-4-5-9-14(13)16(21)23/h4-5,8-9,12H,6-7,10-11H2,1-3H3. The number of rotatable bonds is 2. The Morgan fingerprint density at radius 1 is 1.08 bits per heavy atom. The Morgan fingerprint density at radius 3 is 2.19 bits per heavy atom. The van der Waals surface area contributed by atoms with Gasteiger partial charge in [0.1, 0.15) is 0 Å². The lowest BCUT2D eigenvalue weighted by molar-refractivity contribution is -0.176. The van der Waals surface area contributed by atoms with E-state index in [1.165, 1.54) is 12.1 Å². The normalized spacial score (nSPS) is 20.2. The summed E-state index contributed by atoms with van der Waals surface area (Å²) in [6.07, 6.45) is 1.22. The Bertz CT molecular complexity index is 745. The number of fused-ring (bicyclic) bond motifs is 1. The number of hydrogen-bond donors (Lipinski definition) is 0. The van der Waals surface area contributed by atoms with E-state index in [2.05, 4.69) is 0 Å². The maximum absolute atomic E-state index is 12.5. The van der Waals surface area contributed by atoms with Crippen molar-refractivity contribution in [2.24, 2.45) is 11.3 Å². The van der Waals surface area contributed by atoms with E-state index in [1.807, 2.05) is 20.8 Å². The number of carbonyl (C=O) groups is 4. The second-order valence-corrected chi connectivity index (χ2v) is 7.70. The van der Waals surface area contributed by atoms with Crippen molar-refractivity contribution in [3.63, 3.8) is 0 Å². The number of hydrogen-bond acceptors (Lipinski definition) is 5. The molecule has 1 unspecified atom stereocenters. The van der Waals surface area contributed by atoms with E-state index in [9.17, 15) is 19.2 Å². The summed E-state index contributed by atoms with van der Waals surface area (Å²) in [7, 11) is 0. The van der Waals surface area contributed by atoms with Gasteiger partial charge in [-0.25, -0.2) is 4.79 Å². The zero-order chi connectivity index (χ0) is 19.1. The summed E-state index contributed by atoms with van der Waals surface area (Å²) in [4.78, 5) is 56.3. The van der Waals surface area contributed by atoms with Crippen LogP contribution in [0.1, 0.15) is 54.3 Å². The second-order valence-electron chi connectivity index (χ2n) is 7.70. The van der Waals surface area contributed by atoms with Gasteiger partial charge in [-0.3, -0.25) is 14.4 Å². The number of hydroxylamine groups is 2. The molecular weight excluding hydrogens is 336 g/mol. The van der Waals surface area contributed by atoms with E-state index >= 15 is 0 Å². The van der Waals surface area contributed by atoms with Gasteiger partial charge in [-0.05, 0) is 25.0 Å². The fourth-order valence-corrected chi connectivity index (χ4v) is 3.24. The smallest absolute Gasteiger partial charge is 0.338 e. The minimum Gasteiger partial charge on any atom is -0.341 e. The molecule has 0 spiro atoms. The molecule has 1 aromatic rings. The summed E-state index contributed by atoms with van der Waals surface area (Å²) < 4.78 is 0. The molecule has 2 aliphatic rings. The monoisotopic (exact) mass is 358 g/mol. The Morgan fingerprint density at radius 2 is 1.65 bits per heavy atom. The van der Waals surface area contributed by atoms with Crippen molar-refractivity contribution in [2.45, 2.75) is 33.6 Å². The first-order valence-corrected chi connectivity index (χ1v) is 8.69. The average Bonchev–Trinajstić information content (AvgIpc) is 2.85. The maximum atomic E-state index is 12.5. The van der Waals surface area contributed by atoms with Crippen molar-refractivity contribution in [1.29, 1.82) is 0 Å². The van der Waals surface area contributed by atoms with Crippen LogP contribution in [-0.2, 0) is 14.4 Å². The highest BCUT2D eigenvalue weighted by Gasteiger charge is 2.41. The number of likely N-dealkylation sites (tertiary alicyclic amines) is 1. The summed E-state index contributed by atoms with van der Waals surface area (Å²) in [5.74, 6) is -2.53. The van der Waals surface area contributed by atoms with Crippen LogP contribution in [0, 0.1) is 11.3 Å². The molecule has 138 valence electrons. The Hall–Kier alpha value is -2.70. The predicted octanol–water partition coefficient (Wildman–Crippen LogP) is 2.03. The highest BCUT2D eigenvalue weighted by Crippen LogP contribution is 2.27. The lowest BCUT2D eigenvalue weighted by Gasteiger charge is -2.35. The summed E-state index contributed by atoms with van der Waals surface area (Å²) in [6, 6.07) is 6.33. The zero-order valence-electron chi connectivity index (χ0n) is 15.2. The second kappa shape index (κ2) is 6.55. The van der Waals surface area contributed by atoms with Crippen molar-refractivity contribution in [3.8, 4) is 0 Å². The Kier molecular flexibility index (Phi) is 4.56. The van der Waals surface area contributed by atoms with Crippen molar-refractivity contribution < 1.29 is 24.0 Å². The summed E-state index contributed by atoms with van der Waals surface area (Å²) in [5, 5.41) is 0.525. The first-order valence-electron chi connectivity index (χ1n) is 8.69. The van der Waals surface area contributed by atoms with Gasteiger partial charge in [0.15, 0.2) is 0 Å². The van der Waals surface area contributed by atoms with Crippen LogP contribution in [-0.4, -0.2) is 46.7 Å². The van der Waals surface area contributed by atoms with Crippen LogP contribution in [0.25, 0.3) is 0 Å². The van der Waals surface area contributed by atoms with E-state index in [1.54, 1.807) is 17.0 Å². The zero-order valence-corrected chi connectivity index (χ0v) is 15.2. The molecule has 26 heavy (non-hydrogen) atoms. The third-order valence-corrected chi connectivity index (χ3v) is 4.62. The quantitative estimate of drug-likeness (QED) is 0.755. The molecule has 1 atom stereocenters. The van der Waals surface area contributed by atoms with Crippen molar-refractivity contribution in [2.75, 3.05) is 13.1 Å². The predicted molar refractivity (Wildman–Crippen MR) is 91.8 cm³/mol. The average molecular weight is 358 g/mol. The molecule has 3 rings (SSSR count). The number of benzene rings is 1. The number of imide groups is 1. The van der Waals surface area contributed by atoms with Crippen LogP contribution in [0.15, 0.2) is 24.3 Å². The van der Waals surface area contributed by atoms with Crippen molar-refractivity contribution in [3.05, 3.63) is 35.4 Å². The molecular formula is C19H22N2O5. The molecule has 1 fully saturated rings. The van der Waals surface area contributed by atoms with Crippen LogP contribution in [0.3, 0.4) is 0 Å². The van der Waals surface area contributed by atoms with Gasteiger partial charge in [0.05, 0.1) is 17.0 Å². The molecule has 1 aromatic carbocycles. The van der Waals surface area contributed by atoms with Crippen LogP contribution in [0.5, 0.6) is 0 Å². The van der Waals surface area contributed by atoms with Crippen molar-refractivity contribution >= 4 is 23.7 Å². The number of piperidine rings is 1. The summed E-state index contributed by atoms with van der Waals surface area (Å²) >= 11 is 0. The Labute approximate surface area is 151 Å². The van der Waals surface area contributed by atoms with Gasteiger partial charge in [0.2, 0.25) is 5.91 Å². The van der Waals surface area contributed by atoms with Crippen LogP contribution < -0.4 is 0 Å². The molecule has 1 saturated heterocycles. The number of nitrogens with zero attached hydrogens (tertiary/aromatic N) is 2. The van der Waals surface area contributed by atoms with Gasteiger partial charge in [0.25, 0.3) is 11.8 Å². The summed E-state index contributed by atoms with van der Waals surface area (Å²) in [5.41, 5.74) is -0.0918. The highest BCUT2D eigenvalue weighted by molar-refractivity contribution is 6.20. The molecule has 2 aliphatic heterocycles. The van der Waals surface area contributed by atoms with Crippen LogP contribution in [0.2, 0.25) is 0 Å². The van der Waals surface area contributed by atoms with Gasteiger partial charge in [-0.2, -0.15) is 0 Å². The lowest BCUT2D eigenvalue weighted by atomic mass is 9.91. The molecule has 7 heteroatoms. The molecule has 0 N–H and O–H groups in total. The molecule has 0 aliphatic carbocycles.